The average Bonchev–Trinajstić information content (AvgIpc) is 3.02. The van der Waals surface area contributed by atoms with Crippen LogP contribution in [0.1, 0.15) is 46.1 Å². The number of ether oxygens (including phenoxy) is 2. The fourth-order valence-corrected chi connectivity index (χ4v) is 4.69. The first-order valence-electron chi connectivity index (χ1n) is 11.4. The van der Waals surface area contributed by atoms with Crippen molar-refractivity contribution in [1.29, 1.82) is 0 Å². The Morgan fingerprint density at radius 1 is 1.18 bits per heavy atom. The Balaban J connectivity index is 1.97. The summed E-state index contributed by atoms with van der Waals surface area (Å²) < 4.78 is 11.5. The summed E-state index contributed by atoms with van der Waals surface area (Å²) in [6.07, 6.45) is 4.41. The normalized spacial score (nSPS) is 24.2. The molecule has 1 aromatic carbocycles. The maximum absolute atomic E-state index is 13.9. The predicted octanol–water partition coefficient (Wildman–Crippen LogP) is 3.81. The predicted molar refractivity (Wildman–Crippen MR) is 123 cm³/mol. The second kappa shape index (κ2) is 10.3. The fourth-order valence-electron chi connectivity index (χ4n) is 4.69. The molecule has 1 fully saturated rings. The number of aliphatic hydroxyl groups excluding tert-OH is 1. The first-order chi connectivity index (χ1) is 15.7. The molecule has 2 amide bonds. The van der Waals surface area contributed by atoms with Crippen molar-refractivity contribution in [2.45, 2.75) is 64.7 Å². The van der Waals surface area contributed by atoms with Crippen LogP contribution in [0, 0.1) is 11.8 Å². The number of rotatable bonds is 8. The summed E-state index contributed by atoms with van der Waals surface area (Å²) in [5.74, 6) is -1.27. The van der Waals surface area contributed by atoms with E-state index >= 15 is 0 Å². The maximum atomic E-state index is 13.9. The Morgan fingerprint density at radius 3 is 2.52 bits per heavy atom. The van der Waals surface area contributed by atoms with Crippen molar-refractivity contribution in [3.63, 3.8) is 0 Å². The van der Waals surface area contributed by atoms with Crippen molar-refractivity contribution < 1.29 is 29.0 Å². The van der Waals surface area contributed by atoms with E-state index in [0.717, 1.165) is 5.56 Å². The Bertz CT molecular complexity index is 933. The Labute approximate surface area is 195 Å². The zero-order chi connectivity index (χ0) is 24.2. The first-order valence-corrected chi connectivity index (χ1v) is 11.4. The quantitative estimate of drug-likeness (QED) is 0.599. The number of aliphatic hydroxyl groups is 1. The van der Waals surface area contributed by atoms with Crippen LogP contribution in [-0.4, -0.2) is 52.1 Å². The second-order valence-corrected chi connectivity index (χ2v) is 9.41. The number of unbranched alkanes of at least 4 members (excludes halogenated alkanes) is 1. The van der Waals surface area contributed by atoms with E-state index in [4.69, 9.17) is 14.6 Å². The summed E-state index contributed by atoms with van der Waals surface area (Å²) >= 11 is 0. The SMILES string of the molecule is CC(C)[C@H]1N(C(=O)[C@H](Cc2ccccc2)[C@H]2OC(=CCCCO)C=CC2=O)C(=O)OC1(C)C. The highest BCUT2D eigenvalue weighted by Crippen LogP contribution is 2.36. The van der Waals surface area contributed by atoms with Crippen LogP contribution < -0.4 is 0 Å². The smallest absolute Gasteiger partial charge is 0.417 e. The molecule has 1 saturated heterocycles. The lowest BCUT2D eigenvalue weighted by Gasteiger charge is -2.35. The molecule has 0 saturated carbocycles. The van der Waals surface area contributed by atoms with Crippen LogP contribution in [0.4, 0.5) is 4.79 Å². The number of nitrogens with zero attached hydrogens (tertiary/aromatic N) is 1. The Kier molecular flexibility index (Phi) is 7.74. The van der Waals surface area contributed by atoms with Gasteiger partial charge in [-0.15, -0.1) is 0 Å². The third kappa shape index (κ3) is 5.53. The van der Waals surface area contributed by atoms with Gasteiger partial charge in [-0.1, -0.05) is 44.2 Å². The maximum Gasteiger partial charge on any atom is 0.417 e. The minimum absolute atomic E-state index is 0.0374. The first kappa shape index (κ1) is 24.7. The van der Waals surface area contributed by atoms with Gasteiger partial charge in [-0.2, -0.15) is 0 Å². The monoisotopic (exact) mass is 455 g/mol. The summed E-state index contributed by atoms with van der Waals surface area (Å²) in [6, 6.07) is 8.91. The zero-order valence-corrected chi connectivity index (χ0v) is 19.7. The molecule has 1 N–H and O–H groups in total. The highest BCUT2D eigenvalue weighted by Gasteiger charge is 2.54. The topological polar surface area (TPSA) is 93.1 Å². The molecule has 7 nitrogen and oxygen atoms in total. The third-order valence-electron chi connectivity index (χ3n) is 6.05. The van der Waals surface area contributed by atoms with Crippen LogP contribution in [0.25, 0.3) is 0 Å². The summed E-state index contributed by atoms with van der Waals surface area (Å²) in [4.78, 5) is 40.8. The van der Waals surface area contributed by atoms with Crippen molar-refractivity contribution in [3.05, 3.63) is 59.9 Å². The Morgan fingerprint density at radius 2 is 1.88 bits per heavy atom. The lowest BCUT2D eigenvalue weighted by molar-refractivity contribution is -0.144. The highest BCUT2D eigenvalue weighted by molar-refractivity contribution is 6.02. The molecule has 2 aliphatic rings. The molecule has 0 bridgehead atoms. The van der Waals surface area contributed by atoms with Gasteiger partial charge >= 0.3 is 6.09 Å². The van der Waals surface area contributed by atoms with E-state index in [9.17, 15) is 14.4 Å². The van der Waals surface area contributed by atoms with Gasteiger partial charge in [-0.3, -0.25) is 9.59 Å². The van der Waals surface area contributed by atoms with Crippen LogP contribution in [-0.2, 0) is 25.5 Å². The van der Waals surface area contributed by atoms with Crippen molar-refractivity contribution in [2.24, 2.45) is 11.8 Å². The van der Waals surface area contributed by atoms with Crippen LogP contribution in [0.3, 0.4) is 0 Å². The largest absolute Gasteiger partial charge is 0.482 e. The molecule has 2 aliphatic heterocycles. The second-order valence-electron chi connectivity index (χ2n) is 9.41. The molecular weight excluding hydrogens is 422 g/mol. The van der Waals surface area contributed by atoms with Gasteiger partial charge in [-0.25, -0.2) is 9.69 Å². The number of carbonyl (C=O) groups excluding carboxylic acids is 3. The minimum Gasteiger partial charge on any atom is -0.482 e. The van der Waals surface area contributed by atoms with Crippen molar-refractivity contribution in [3.8, 4) is 0 Å². The van der Waals surface area contributed by atoms with Gasteiger partial charge < -0.3 is 14.6 Å². The molecule has 1 aromatic rings. The van der Waals surface area contributed by atoms with Gasteiger partial charge in [0.25, 0.3) is 0 Å². The molecule has 0 aromatic heterocycles. The number of imide groups is 1. The molecule has 2 heterocycles. The van der Waals surface area contributed by atoms with Crippen LogP contribution in [0.15, 0.2) is 54.3 Å². The fraction of sp³-hybridized carbons (Fsp3) is 0.500. The Hall–Kier alpha value is -2.93. The van der Waals surface area contributed by atoms with Gasteiger partial charge in [0, 0.05) is 6.61 Å². The lowest BCUT2D eigenvalue weighted by Crippen LogP contribution is -2.53. The molecule has 0 unspecified atom stereocenters. The summed E-state index contributed by atoms with van der Waals surface area (Å²) in [6.45, 7) is 7.51. The lowest BCUT2D eigenvalue weighted by atomic mass is 9.85. The number of cyclic esters (lactones) is 1. The van der Waals surface area contributed by atoms with E-state index in [1.807, 2.05) is 44.2 Å². The van der Waals surface area contributed by atoms with Gasteiger partial charge in [0.2, 0.25) is 5.91 Å². The van der Waals surface area contributed by atoms with Gasteiger partial charge in [-0.05, 0) is 62.8 Å². The number of hydrogen-bond donors (Lipinski definition) is 1. The van der Waals surface area contributed by atoms with E-state index in [-0.39, 0.29) is 24.7 Å². The number of allylic oxidation sites excluding steroid dienone is 2. The number of carbonyl (C=O) groups is 3. The standard InChI is InChI=1S/C26H33NO6/c1-17(2)23-26(3,4)33-25(31)27(23)24(30)20(16-18-10-6-5-7-11-18)22-21(29)14-13-19(32-22)12-8-9-15-28/h5-7,10-14,17,20,22-23,28H,8-9,15-16H2,1-4H3/t20-,22-,23-/m1/s1. The van der Waals surface area contributed by atoms with Crippen molar-refractivity contribution >= 4 is 17.8 Å². The summed E-state index contributed by atoms with van der Waals surface area (Å²) in [7, 11) is 0. The minimum atomic E-state index is -1.06. The van der Waals surface area contributed by atoms with Crippen LogP contribution in [0.2, 0.25) is 0 Å². The molecule has 0 radical (unpaired) electrons. The van der Waals surface area contributed by atoms with E-state index in [1.165, 1.54) is 11.0 Å². The summed E-state index contributed by atoms with van der Waals surface area (Å²) in [5.41, 5.74) is 0.0192. The molecule has 0 spiro atoms. The van der Waals surface area contributed by atoms with Crippen LogP contribution in [0.5, 0.6) is 0 Å². The van der Waals surface area contributed by atoms with Gasteiger partial charge in [0.1, 0.15) is 11.4 Å². The highest BCUT2D eigenvalue weighted by atomic mass is 16.6. The molecule has 3 atom stereocenters. The van der Waals surface area contributed by atoms with E-state index in [0.29, 0.717) is 18.6 Å². The van der Waals surface area contributed by atoms with Gasteiger partial charge in [0.05, 0.1) is 12.0 Å². The average molecular weight is 456 g/mol. The molecule has 178 valence electrons. The number of amides is 2. The molecular formula is C26H33NO6. The van der Waals surface area contributed by atoms with Crippen LogP contribution >= 0.6 is 0 Å². The molecule has 7 heteroatoms. The number of hydrogen-bond acceptors (Lipinski definition) is 6. The van der Waals surface area contributed by atoms with Gasteiger partial charge in [0.15, 0.2) is 11.9 Å². The summed E-state index contributed by atoms with van der Waals surface area (Å²) in [5, 5.41) is 9.04. The number of ketones is 1. The van der Waals surface area contributed by atoms with E-state index < -0.39 is 35.7 Å². The molecule has 0 aliphatic carbocycles. The van der Waals surface area contributed by atoms with Crippen molar-refractivity contribution in [2.75, 3.05) is 6.61 Å². The molecule has 33 heavy (non-hydrogen) atoms. The van der Waals surface area contributed by atoms with E-state index in [2.05, 4.69) is 0 Å². The zero-order valence-electron chi connectivity index (χ0n) is 19.7. The number of benzene rings is 1. The molecule has 3 rings (SSSR count). The van der Waals surface area contributed by atoms with Crippen molar-refractivity contribution in [1.82, 2.24) is 4.90 Å². The van der Waals surface area contributed by atoms with E-state index in [1.54, 1.807) is 26.0 Å². The third-order valence-corrected chi connectivity index (χ3v) is 6.05.